The summed E-state index contributed by atoms with van der Waals surface area (Å²) in [5.41, 5.74) is -0.804. The van der Waals surface area contributed by atoms with Crippen LogP contribution in [0.2, 0.25) is 0 Å². The van der Waals surface area contributed by atoms with Gasteiger partial charge in [0.05, 0.1) is 23.6 Å². The minimum Gasteiger partial charge on any atom is -0.351 e. The molecule has 1 aromatic heterocycles. The van der Waals surface area contributed by atoms with E-state index in [2.05, 4.69) is 27.5 Å². The number of hydrogen-bond donors (Lipinski definition) is 2. The molecular formula is C17H19F3N4O. The Labute approximate surface area is 143 Å². The molecule has 134 valence electrons. The molecule has 1 aromatic carbocycles. The van der Waals surface area contributed by atoms with Crippen molar-refractivity contribution in [3.63, 3.8) is 0 Å². The van der Waals surface area contributed by atoms with Crippen molar-refractivity contribution < 1.29 is 18.0 Å². The van der Waals surface area contributed by atoms with E-state index in [1.165, 1.54) is 30.6 Å². The number of rotatable bonds is 7. The summed E-state index contributed by atoms with van der Waals surface area (Å²) in [5, 5.41) is 5.30. The molecule has 0 bridgehead atoms. The zero-order chi connectivity index (χ0) is 18.3. The molecule has 0 aliphatic heterocycles. The van der Waals surface area contributed by atoms with Crippen molar-refractivity contribution in [3.8, 4) is 0 Å². The van der Waals surface area contributed by atoms with Crippen molar-refractivity contribution >= 4 is 17.4 Å². The van der Waals surface area contributed by atoms with Crippen LogP contribution in [0, 0.1) is 0 Å². The van der Waals surface area contributed by atoms with Crippen LogP contribution in [0.3, 0.4) is 0 Å². The van der Waals surface area contributed by atoms with Crippen LogP contribution in [0.5, 0.6) is 0 Å². The summed E-state index contributed by atoms with van der Waals surface area (Å²) < 4.78 is 38.9. The standard InChI is InChI=1S/C17H19F3N4O/c1-2-3-6-9-21-16(25)14-10-23-15(11-22-14)24-13-8-5-4-7-12(13)17(18,19)20/h4-5,7-8,10-11H,2-3,6,9H2,1H3,(H,21,25)(H,23,24). The number of aromatic nitrogens is 2. The van der Waals surface area contributed by atoms with Crippen LogP contribution in [0.25, 0.3) is 0 Å². The summed E-state index contributed by atoms with van der Waals surface area (Å²) in [6, 6.07) is 5.08. The van der Waals surface area contributed by atoms with E-state index in [1.807, 2.05) is 0 Å². The summed E-state index contributed by atoms with van der Waals surface area (Å²) in [5.74, 6) is -0.231. The minimum absolute atomic E-state index is 0.117. The van der Waals surface area contributed by atoms with Crippen LogP contribution in [0.1, 0.15) is 42.2 Å². The quantitative estimate of drug-likeness (QED) is 0.735. The molecule has 5 nitrogen and oxygen atoms in total. The van der Waals surface area contributed by atoms with Gasteiger partial charge in [-0.3, -0.25) is 4.79 Å². The average molecular weight is 352 g/mol. The van der Waals surface area contributed by atoms with Gasteiger partial charge >= 0.3 is 6.18 Å². The normalized spacial score (nSPS) is 11.2. The Balaban J connectivity index is 2.03. The molecule has 0 radical (unpaired) electrons. The van der Waals surface area contributed by atoms with Crippen LogP contribution in [0.4, 0.5) is 24.7 Å². The van der Waals surface area contributed by atoms with Gasteiger partial charge in [-0.1, -0.05) is 31.9 Å². The lowest BCUT2D eigenvalue weighted by Crippen LogP contribution is -2.25. The zero-order valence-electron chi connectivity index (χ0n) is 13.7. The maximum Gasteiger partial charge on any atom is 0.418 e. The first-order valence-corrected chi connectivity index (χ1v) is 7.95. The molecule has 25 heavy (non-hydrogen) atoms. The number of carbonyl (C=O) groups is 1. The van der Waals surface area contributed by atoms with Crippen molar-refractivity contribution in [2.75, 3.05) is 11.9 Å². The first kappa shape index (κ1) is 18.7. The molecule has 2 N–H and O–H groups in total. The molecule has 1 amide bonds. The van der Waals surface area contributed by atoms with E-state index in [1.54, 1.807) is 0 Å². The highest BCUT2D eigenvalue weighted by molar-refractivity contribution is 5.92. The van der Waals surface area contributed by atoms with E-state index < -0.39 is 11.7 Å². The summed E-state index contributed by atoms with van der Waals surface area (Å²) in [7, 11) is 0. The molecule has 2 aromatic rings. The third-order valence-electron chi connectivity index (χ3n) is 3.45. The fourth-order valence-corrected chi connectivity index (χ4v) is 2.15. The third kappa shape index (κ3) is 5.44. The second-order valence-electron chi connectivity index (χ2n) is 5.42. The predicted molar refractivity (Wildman–Crippen MR) is 88.6 cm³/mol. The van der Waals surface area contributed by atoms with Crippen molar-refractivity contribution in [3.05, 3.63) is 47.9 Å². The predicted octanol–water partition coefficient (Wildman–Crippen LogP) is 4.16. The Morgan fingerprint density at radius 2 is 1.88 bits per heavy atom. The molecule has 1 heterocycles. The van der Waals surface area contributed by atoms with E-state index in [-0.39, 0.29) is 23.1 Å². The Hall–Kier alpha value is -2.64. The van der Waals surface area contributed by atoms with E-state index in [9.17, 15) is 18.0 Å². The molecular weight excluding hydrogens is 333 g/mol. The lowest BCUT2D eigenvalue weighted by Gasteiger charge is -2.13. The number of hydrogen-bond acceptors (Lipinski definition) is 4. The van der Waals surface area contributed by atoms with Gasteiger partial charge in [-0.2, -0.15) is 13.2 Å². The summed E-state index contributed by atoms with van der Waals surface area (Å²) in [4.78, 5) is 19.8. The van der Waals surface area contributed by atoms with Gasteiger partial charge in [-0.25, -0.2) is 9.97 Å². The molecule has 0 aliphatic carbocycles. The molecule has 8 heteroatoms. The number of amides is 1. The van der Waals surface area contributed by atoms with Crippen molar-refractivity contribution in [1.82, 2.24) is 15.3 Å². The topological polar surface area (TPSA) is 66.9 Å². The summed E-state index contributed by atoms with van der Waals surface area (Å²) in [6.07, 6.45) is 0.934. The summed E-state index contributed by atoms with van der Waals surface area (Å²) in [6.45, 7) is 2.61. The maximum absolute atomic E-state index is 13.0. The Bertz CT molecular complexity index is 702. The lowest BCUT2D eigenvalue weighted by atomic mass is 10.1. The fraction of sp³-hybridized carbons (Fsp3) is 0.353. The molecule has 0 aliphatic rings. The smallest absolute Gasteiger partial charge is 0.351 e. The highest BCUT2D eigenvalue weighted by atomic mass is 19.4. The minimum atomic E-state index is -4.48. The number of para-hydroxylation sites is 1. The first-order chi connectivity index (χ1) is 11.9. The average Bonchev–Trinajstić information content (AvgIpc) is 2.59. The lowest BCUT2D eigenvalue weighted by molar-refractivity contribution is -0.136. The van der Waals surface area contributed by atoms with Gasteiger partial charge in [0, 0.05) is 6.54 Å². The number of halogens is 3. The molecule has 0 atom stereocenters. The number of alkyl halides is 3. The van der Waals surface area contributed by atoms with Crippen LogP contribution >= 0.6 is 0 Å². The summed E-state index contributed by atoms with van der Waals surface area (Å²) >= 11 is 0. The second kappa shape index (κ2) is 8.46. The van der Waals surface area contributed by atoms with E-state index in [4.69, 9.17) is 0 Å². The number of carbonyl (C=O) groups excluding carboxylic acids is 1. The third-order valence-corrected chi connectivity index (χ3v) is 3.45. The Morgan fingerprint density at radius 1 is 1.12 bits per heavy atom. The number of nitrogens with one attached hydrogen (secondary N) is 2. The van der Waals surface area contributed by atoms with Crippen molar-refractivity contribution in [1.29, 1.82) is 0 Å². The molecule has 0 saturated heterocycles. The number of anilines is 2. The molecule has 0 spiro atoms. The van der Waals surface area contributed by atoms with Crippen molar-refractivity contribution in [2.24, 2.45) is 0 Å². The van der Waals surface area contributed by atoms with Crippen molar-refractivity contribution in [2.45, 2.75) is 32.4 Å². The Kier molecular flexibility index (Phi) is 6.32. The second-order valence-corrected chi connectivity index (χ2v) is 5.42. The number of nitrogens with zero attached hydrogens (tertiary/aromatic N) is 2. The number of benzene rings is 1. The maximum atomic E-state index is 13.0. The molecule has 2 rings (SSSR count). The molecule has 0 unspecified atom stereocenters. The Morgan fingerprint density at radius 3 is 2.52 bits per heavy atom. The molecule has 0 fully saturated rings. The number of unbranched alkanes of at least 4 members (excludes halogenated alkanes) is 2. The van der Waals surface area contributed by atoms with Crippen LogP contribution in [-0.4, -0.2) is 22.4 Å². The van der Waals surface area contributed by atoms with Gasteiger partial charge in [-0.15, -0.1) is 0 Å². The van der Waals surface area contributed by atoms with Gasteiger partial charge in [0.2, 0.25) is 0 Å². The molecule has 0 saturated carbocycles. The van der Waals surface area contributed by atoms with Gasteiger partial charge in [0.1, 0.15) is 11.5 Å². The monoisotopic (exact) mass is 352 g/mol. The van der Waals surface area contributed by atoms with E-state index in [0.29, 0.717) is 6.54 Å². The van der Waals surface area contributed by atoms with Gasteiger partial charge in [0.25, 0.3) is 5.91 Å². The fourth-order valence-electron chi connectivity index (χ4n) is 2.15. The first-order valence-electron chi connectivity index (χ1n) is 7.95. The van der Waals surface area contributed by atoms with Crippen LogP contribution in [0.15, 0.2) is 36.7 Å². The highest BCUT2D eigenvalue weighted by Crippen LogP contribution is 2.35. The van der Waals surface area contributed by atoms with Crippen LogP contribution in [-0.2, 0) is 6.18 Å². The zero-order valence-corrected chi connectivity index (χ0v) is 13.7. The highest BCUT2D eigenvalue weighted by Gasteiger charge is 2.33. The largest absolute Gasteiger partial charge is 0.418 e. The SMILES string of the molecule is CCCCCNC(=O)c1cnc(Nc2ccccc2C(F)(F)F)cn1. The van der Waals surface area contributed by atoms with Gasteiger partial charge in [0.15, 0.2) is 0 Å². The van der Waals surface area contributed by atoms with Crippen LogP contribution < -0.4 is 10.6 Å². The van der Waals surface area contributed by atoms with E-state index in [0.717, 1.165) is 25.3 Å². The van der Waals surface area contributed by atoms with Gasteiger partial charge < -0.3 is 10.6 Å². The van der Waals surface area contributed by atoms with E-state index >= 15 is 0 Å². The van der Waals surface area contributed by atoms with Gasteiger partial charge in [-0.05, 0) is 18.6 Å².